The van der Waals surface area contributed by atoms with Gasteiger partial charge in [0.05, 0.1) is 0 Å². The predicted octanol–water partition coefficient (Wildman–Crippen LogP) is 3.75. The van der Waals surface area contributed by atoms with E-state index in [-0.39, 0.29) is 0 Å². The van der Waals surface area contributed by atoms with E-state index in [1.807, 2.05) is 12.1 Å². The Labute approximate surface area is 103 Å². The van der Waals surface area contributed by atoms with Crippen LogP contribution in [0.15, 0.2) is 18.3 Å². The molecule has 1 aromatic heterocycles. The lowest BCUT2D eigenvalue weighted by atomic mass is 9.92. The van der Waals surface area contributed by atoms with Gasteiger partial charge in [-0.1, -0.05) is 31.4 Å². The van der Waals surface area contributed by atoms with Crippen molar-refractivity contribution in [1.82, 2.24) is 4.98 Å². The maximum absolute atomic E-state index is 5.90. The van der Waals surface area contributed by atoms with Crippen molar-refractivity contribution >= 4 is 17.3 Å². The Balaban J connectivity index is 1.94. The van der Waals surface area contributed by atoms with Gasteiger partial charge in [0, 0.05) is 25.0 Å². The van der Waals surface area contributed by atoms with Gasteiger partial charge in [0.25, 0.3) is 0 Å². The Hall–Kier alpha value is -0.760. The Bertz CT molecular complexity index is 332. The first-order valence-electron chi connectivity index (χ1n) is 6.16. The zero-order chi connectivity index (χ0) is 11.4. The van der Waals surface area contributed by atoms with E-state index >= 15 is 0 Å². The summed E-state index contributed by atoms with van der Waals surface area (Å²) in [5.41, 5.74) is 1.22. The zero-order valence-corrected chi connectivity index (χ0v) is 10.6. The fourth-order valence-corrected chi connectivity index (χ4v) is 2.65. The number of piperidine rings is 1. The van der Waals surface area contributed by atoms with Crippen LogP contribution >= 0.6 is 11.6 Å². The molecule has 0 aromatic carbocycles. The highest BCUT2D eigenvalue weighted by atomic mass is 35.5. The number of halogens is 1. The van der Waals surface area contributed by atoms with E-state index in [4.69, 9.17) is 11.6 Å². The molecule has 0 bridgehead atoms. The third-order valence-corrected chi connectivity index (χ3v) is 3.59. The molecule has 1 aromatic rings. The summed E-state index contributed by atoms with van der Waals surface area (Å²) in [6.45, 7) is 4.59. The highest BCUT2D eigenvalue weighted by Crippen LogP contribution is 2.26. The second-order valence-corrected chi connectivity index (χ2v) is 4.94. The first-order chi connectivity index (χ1) is 7.79. The summed E-state index contributed by atoms with van der Waals surface area (Å²) in [6, 6.07) is 4.01. The van der Waals surface area contributed by atoms with Crippen molar-refractivity contribution in [2.75, 3.05) is 18.0 Å². The molecule has 0 atom stereocenters. The molecule has 1 saturated heterocycles. The van der Waals surface area contributed by atoms with Gasteiger partial charge in [-0.05, 0) is 30.9 Å². The highest BCUT2D eigenvalue weighted by molar-refractivity contribution is 6.29. The molecule has 2 rings (SSSR count). The number of pyridine rings is 1. The molecule has 3 heteroatoms. The van der Waals surface area contributed by atoms with Crippen molar-refractivity contribution in [2.45, 2.75) is 32.6 Å². The maximum atomic E-state index is 5.90. The molecule has 0 aliphatic carbocycles. The predicted molar refractivity (Wildman–Crippen MR) is 69.1 cm³/mol. The van der Waals surface area contributed by atoms with Crippen LogP contribution in [0.5, 0.6) is 0 Å². The average molecular weight is 239 g/mol. The summed E-state index contributed by atoms with van der Waals surface area (Å²) >= 11 is 5.90. The van der Waals surface area contributed by atoms with Gasteiger partial charge in [-0.15, -0.1) is 0 Å². The molecule has 88 valence electrons. The molecule has 2 heterocycles. The van der Waals surface area contributed by atoms with E-state index in [1.54, 1.807) is 6.20 Å². The van der Waals surface area contributed by atoms with Gasteiger partial charge in [-0.2, -0.15) is 0 Å². The zero-order valence-electron chi connectivity index (χ0n) is 9.82. The van der Waals surface area contributed by atoms with Crippen molar-refractivity contribution in [3.63, 3.8) is 0 Å². The van der Waals surface area contributed by atoms with Crippen LogP contribution in [0.25, 0.3) is 0 Å². The van der Waals surface area contributed by atoms with E-state index in [1.165, 1.54) is 31.4 Å². The maximum Gasteiger partial charge on any atom is 0.131 e. The smallest absolute Gasteiger partial charge is 0.131 e. The van der Waals surface area contributed by atoms with Gasteiger partial charge < -0.3 is 4.90 Å². The molecule has 0 amide bonds. The largest absolute Gasteiger partial charge is 0.371 e. The lowest BCUT2D eigenvalue weighted by Crippen LogP contribution is -2.33. The Morgan fingerprint density at radius 2 is 2.19 bits per heavy atom. The van der Waals surface area contributed by atoms with Gasteiger partial charge >= 0.3 is 0 Å². The number of rotatable bonds is 3. The van der Waals surface area contributed by atoms with Crippen molar-refractivity contribution in [2.24, 2.45) is 5.92 Å². The van der Waals surface area contributed by atoms with Crippen LogP contribution in [-0.2, 0) is 0 Å². The van der Waals surface area contributed by atoms with Crippen LogP contribution in [0.1, 0.15) is 32.6 Å². The quantitative estimate of drug-likeness (QED) is 0.746. The number of hydrogen-bond acceptors (Lipinski definition) is 2. The van der Waals surface area contributed by atoms with E-state index in [0.717, 1.165) is 19.0 Å². The van der Waals surface area contributed by atoms with Crippen LogP contribution in [0.4, 0.5) is 5.69 Å². The lowest BCUT2D eigenvalue weighted by molar-refractivity contribution is 0.378. The van der Waals surface area contributed by atoms with Gasteiger partial charge in [-0.25, -0.2) is 4.98 Å². The number of hydrogen-bond donors (Lipinski definition) is 0. The number of aromatic nitrogens is 1. The Morgan fingerprint density at radius 1 is 1.44 bits per heavy atom. The minimum Gasteiger partial charge on any atom is -0.371 e. The van der Waals surface area contributed by atoms with Gasteiger partial charge in [0.15, 0.2) is 0 Å². The summed E-state index contributed by atoms with van der Waals surface area (Å²) in [7, 11) is 0. The first-order valence-corrected chi connectivity index (χ1v) is 6.54. The van der Waals surface area contributed by atoms with Crippen molar-refractivity contribution < 1.29 is 0 Å². The molecular formula is C13H19ClN2. The second-order valence-electron chi connectivity index (χ2n) is 4.56. The normalized spacial score (nSPS) is 17.8. The molecule has 0 saturated carbocycles. The summed E-state index contributed by atoms with van der Waals surface area (Å²) in [5, 5.41) is 0.591. The Kier molecular flexibility index (Phi) is 4.05. The Morgan fingerprint density at radius 3 is 2.81 bits per heavy atom. The van der Waals surface area contributed by atoms with Crippen molar-refractivity contribution in [3.8, 4) is 0 Å². The summed E-state index contributed by atoms with van der Waals surface area (Å²) < 4.78 is 0. The fraction of sp³-hybridized carbons (Fsp3) is 0.615. The summed E-state index contributed by atoms with van der Waals surface area (Å²) in [5.74, 6) is 0.929. The molecular weight excluding hydrogens is 220 g/mol. The van der Waals surface area contributed by atoms with E-state index in [2.05, 4.69) is 16.8 Å². The van der Waals surface area contributed by atoms with Crippen LogP contribution in [0, 0.1) is 5.92 Å². The van der Waals surface area contributed by atoms with Crippen molar-refractivity contribution in [1.29, 1.82) is 0 Å². The van der Waals surface area contributed by atoms with Gasteiger partial charge in [0.2, 0.25) is 0 Å². The van der Waals surface area contributed by atoms with Crippen LogP contribution in [0.3, 0.4) is 0 Å². The molecule has 1 aliphatic rings. The molecule has 0 radical (unpaired) electrons. The molecule has 2 nitrogen and oxygen atoms in total. The van der Waals surface area contributed by atoms with Gasteiger partial charge in [0.1, 0.15) is 5.15 Å². The standard InChI is InChI=1S/C13H19ClN2/c1-2-3-11-5-8-16(9-6-11)12-4-7-15-13(14)10-12/h4,7,10-11H,2-3,5-6,8-9H2,1H3. The SMILES string of the molecule is CCCC1CCN(c2ccnc(Cl)c2)CC1. The number of anilines is 1. The van der Waals surface area contributed by atoms with Crippen LogP contribution in [-0.4, -0.2) is 18.1 Å². The molecule has 0 unspecified atom stereocenters. The molecule has 0 N–H and O–H groups in total. The minimum absolute atomic E-state index is 0.591. The van der Waals surface area contributed by atoms with Crippen LogP contribution < -0.4 is 4.90 Å². The monoisotopic (exact) mass is 238 g/mol. The van der Waals surface area contributed by atoms with Gasteiger partial charge in [-0.3, -0.25) is 0 Å². The van der Waals surface area contributed by atoms with Crippen molar-refractivity contribution in [3.05, 3.63) is 23.5 Å². The molecule has 0 spiro atoms. The highest BCUT2D eigenvalue weighted by Gasteiger charge is 2.18. The number of nitrogens with zero attached hydrogens (tertiary/aromatic N) is 2. The van der Waals surface area contributed by atoms with E-state index in [0.29, 0.717) is 5.15 Å². The topological polar surface area (TPSA) is 16.1 Å². The molecule has 1 aliphatic heterocycles. The van der Waals surface area contributed by atoms with E-state index < -0.39 is 0 Å². The van der Waals surface area contributed by atoms with Crippen LogP contribution in [0.2, 0.25) is 5.15 Å². The first kappa shape index (κ1) is 11.7. The minimum atomic E-state index is 0.591. The fourth-order valence-electron chi connectivity index (χ4n) is 2.48. The molecule has 16 heavy (non-hydrogen) atoms. The third kappa shape index (κ3) is 2.88. The lowest BCUT2D eigenvalue weighted by Gasteiger charge is -2.33. The van der Waals surface area contributed by atoms with E-state index in [9.17, 15) is 0 Å². The average Bonchev–Trinajstić information content (AvgIpc) is 2.30. The molecule has 1 fully saturated rings. The summed E-state index contributed by atoms with van der Waals surface area (Å²) in [6.07, 6.45) is 7.11. The second kappa shape index (κ2) is 5.53. The third-order valence-electron chi connectivity index (χ3n) is 3.39. The summed E-state index contributed by atoms with van der Waals surface area (Å²) in [4.78, 5) is 6.43.